The minimum Gasteiger partial charge on any atom is -0.309 e. The summed E-state index contributed by atoms with van der Waals surface area (Å²) in [5.74, 6) is 0. The summed E-state index contributed by atoms with van der Waals surface area (Å²) in [7, 11) is 0. The predicted molar refractivity (Wildman–Crippen MR) is 64.9 cm³/mol. The minimum absolute atomic E-state index is 0.412. The molecule has 0 aliphatic carbocycles. The smallest absolute Gasteiger partial charge is 0.207 e. The Morgan fingerprint density at radius 1 is 1.50 bits per heavy atom. The zero-order valence-electron chi connectivity index (χ0n) is 9.20. The van der Waals surface area contributed by atoms with E-state index in [2.05, 4.69) is 32.9 Å². The highest BCUT2D eigenvalue weighted by atomic mass is 35.5. The van der Waals surface area contributed by atoms with E-state index in [0.29, 0.717) is 11.3 Å². The monoisotopic (exact) mass is 235 g/mol. The van der Waals surface area contributed by atoms with E-state index in [9.17, 15) is 0 Å². The molecule has 0 bridgehead atoms. The number of halogens is 1. The molecule has 4 heteroatoms. The first-order chi connectivity index (χ1) is 7.77. The number of hydrogen-bond acceptors (Lipinski definition) is 2. The molecule has 1 aliphatic rings. The molecule has 0 aromatic carbocycles. The van der Waals surface area contributed by atoms with Crippen molar-refractivity contribution >= 4 is 17.1 Å². The number of aromatic nitrogens is 2. The van der Waals surface area contributed by atoms with Crippen LogP contribution < -0.4 is 5.32 Å². The molecule has 0 radical (unpaired) electrons. The summed E-state index contributed by atoms with van der Waals surface area (Å²) in [6.45, 7) is 3.08. The predicted octanol–water partition coefficient (Wildman–Crippen LogP) is 2.72. The summed E-state index contributed by atoms with van der Waals surface area (Å²) in [5, 5.41) is 4.06. The van der Waals surface area contributed by atoms with Crippen LogP contribution in [0.15, 0.2) is 18.2 Å². The largest absolute Gasteiger partial charge is 0.309 e. The number of rotatable bonds is 1. The van der Waals surface area contributed by atoms with Crippen LogP contribution in [-0.2, 0) is 0 Å². The van der Waals surface area contributed by atoms with Crippen molar-refractivity contribution in [3.8, 4) is 0 Å². The van der Waals surface area contributed by atoms with Gasteiger partial charge >= 0.3 is 0 Å². The lowest BCUT2D eigenvalue weighted by molar-refractivity contribution is 0.619. The van der Waals surface area contributed by atoms with Crippen LogP contribution in [0, 0.1) is 6.92 Å². The van der Waals surface area contributed by atoms with Crippen molar-refractivity contribution in [2.24, 2.45) is 0 Å². The van der Waals surface area contributed by atoms with Crippen LogP contribution in [0.3, 0.4) is 0 Å². The lowest BCUT2D eigenvalue weighted by Crippen LogP contribution is -2.15. The van der Waals surface area contributed by atoms with Crippen molar-refractivity contribution < 1.29 is 0 Å². The van der Waals surface area contributed by atoms with Crippen molar-refractivity contribution in [3.05, 3.63) is 34.9 Å². The first-order valence-corrected chi connectivity index (χ1v) is 6.02. The van der Waals surface area contributed by atoms with Crippen molar-refractivity contribution in [1.29, 1.82) is 0 Å². The maximum Gasteiger partial charge on any atom is 0.207 e. The minimum atomic E-state index is 0.412. The summed E-state index contributed by atoms with van der Waals surface area (Å²) in [4.78, 5) is 4.32. The van der Waals surface area contributed by atoms with Crippen LogP contribution in [0.1, 0.15) is 30.3 Å². The third-order valence-corrected chi connectivity index (χ3v) is 3.51. The zero-order chi connectivity index (χ0) is 11.1. The third kappa shape index (κ3) is 1.43. The van der Waals surface area contributed by atoms with Gasteiger partial charge in [-0.05, 0) is 50.0 Å². The second-order valence-electron chi connectivity index (χ2n) is 4.29. The van der Waals surface area contributed by atoms with Gasteiger partial charge in [0.2, 0.25) is 5.28 Å². The number of nitrogens with one attached hydrogen (secondary N) is 1. The molecule has 0 saturated carbocycles. The van der Waals surface area contributed by atoms with Gasteiger partial charge in [0.05, 0.1) is 11.2 Å². The van der Waals surface area contributed by atoms with Crippen LogP contribution in [-0.4, -0.2) is 15.9 Å². The zero-order valence-corrected chi connectivity index (χ0v) is 9.96. The van der Waals surface area contributed by atoms with Gasteiger partial charge in [-0.1, -0.05) is 6.07 Å². The number of pyridine rings is 1. The fourth-order valence-corrected chi connectivity index (χ4v) is 2.78. The molecule has 0 amide bonds. The fourth-order valence-electron chi connectivity index (χ4n) is 2.47. The fraction of sp³-hybridized carbons (Fsp3) is 0.417. The number of fused-ring (bicyclic) bond motifs is 1. The summed E-state index contributed by atoms with van der Waals surface area (Å²) in [6, 6.07) is 6.68. The van der Waals surface area contributed by atoms with Gasteiger partial charge in [-0.2, -0.15) is 0 Å². The number of nitrogens with zero attached hydrogens (tertiary/aromatic N) is 2. The Balaban J connectivity index is 2.23. The van der Waals surface area contributed by atoms with Crippen molar-refractivity contribution in [1.82, 2.24) is 14.7 Å². The Labute approximate surface area is 99.4 Å². The highest BCUT2D eigenvalue weighted by Crippen LogP contribution is 2.27. The molecule has 84 valence electrons. The summed E-state index contributed by atoms with van der Waals surface area (Å²) in [6.07, 6.45) is 2.40. The van der Waals surface area contributed by atoms with Gasteiger partial charge in [-0.25, -0.2) is 4.98 Å². The normalized spacial score (nSPS) is 20.8. The molecule has 3 nitrogen and oxygen atoms in total. The molecule has 2 aromatic heterocycles. The molecule has 1 atom stereocenters. The topological polar surface area (TPSA) is 29.3 Å². The number of imidazole rings is 1. The van der Waals surface area contributed by atoms with Gasteiger partial charge in [-0.3, -0.25) is 4.40 Å². The van der Waals surface area contributed by atoms with Crippen LogP contribution in [0.4, 0.5) is 0 Å². The van der Waals surface area contributed by atoms with Gasteiger partial charge in [0, 0.05) is 11.7 Å². The van der Waals surface area contributed by atoms with Gasteiger partial charge in [0.25, 0.3) is 0 Å². The van der Waals surface area contributed by atoms with E-state index in [1.807, 2.05) is 6.92 Å². The van der Waals surface area contributed by atoms with Crippen molar-refractivity contribution in [3.63, 3.8) is 0 Å². The summed E-state index contributed by atoms with van der Waals surface area (Å²) in [5.41, 5.74) is 3.32. The van der Waals surface area contributed by atoms with E-state index in [1.54, 1.807) is 0 Å². The highest BCUT2D eigenvalue weighted by Gasteiger charge is 2.20. The standard InChI is InChI=1S/C12H14ClN3/c1-8-10-5-2-6-11(9-4-3-7-14-9)16(10)12(13)15-8/h2,5-6,9,14H,3-4,7H2,1H3. The Kier molecular flexibility index (Phi) is 2.37. The first kappa shape index (κ1) is 10.1. The molecule has 16 heavy (non-hydrogen) atoms. The maximum absolute atomic E-state index is 6.19. The lowest BCUT2D eigenvalue weighted by Gasteiger charge is -2.13. The van der Waals surface area contributed by atoms with Crippen LogP contribution in [0.25, 0.3) is 5.52 Å². The Morgan fingerprint density at radius 2 is 2.38 bits per heavy atom. The van der Waals surface area contributed by atoms with Gasteiger partial charge in [0.1, 0.15) is 0 Å². The first-order valence-electron chi connectivity index (χ1n) is 5.64. The van der Waals surface area contributed by atoms with Gasteiger partial charge in [0.15, 0.2) is 0 Å². The summed E-state index contributed by atoms with van der Waals surface area (Å²) >= 11 is 6.19. The van der Waals surface area contributed by atoms with E-state index in [4.69, 9.17) is 11.6 Å². The molecule has 1 aliphatic heterocycles. The molecule has 1 N–H and O–H groups in total. The average Bonchev–Trinajstić information content (AvgIpc) is 2.88. The van der Waals surface area contributed by atoms with E-state index < -0.39 is 0 Å². The molecular formula is C12H14ClN3. The van der Waals surface area contributed by atoms with E-state index in [-0.39, 0.29) is 0 Å². The second-order valence-corrected chi connectivity index (χ2v) is 4.62. The summed E-state index contributed by atoms with van der Waals surface area (Å²) < 4.78 is 2.06. The average molecular weight is 236 g/mol. The Bertz CT molecular complexity index is 526. The molecule has 0 spiro atoms. The molecule has 3 rings (SSSR count). The van der Waals surface area contributed by atoms with Crippen LogP contribution >= 0.6 is 11.6 Å². The maximum atomic E-state index is 6.19. The Hall–Kier alpha value is -1.06. The number of aryl methyl sites for hydroxylation is 1. The van der Waals surface area contributed by atoms with E-state index >= 15 is 0 Å². The quantitative estimate of drug-likeness (QED) is 0.824. The molecule has 3 heterocycles. The van der Waals surface area contributed by atoms with Crippen LogP contribution in [0.5, 0.6) is 0 Å². The molecule has 1 fully saturated rings. The van der Waals surface area contributed by atoms with Gasteiger partial charge in [-0.15, -0.1) is 0 Å². The van der Waals surface area contributed by atoms with E-state index in [1.165, 1.54) is 18.5 Å². The second kappa shape index (κ2) is 3.75. The molecule has 1 saturated heterocycles. The third-order valence-electron chi connectivity index (χ3n) is 3.25. The SMILES string of the molecule is Cc1nc(Cl)n2c(C3CCCN3)cccc12. The van der Waals surface area contributed by atoms with E-state index in [0.717, 1.165) is 17.8 Å². The number of hydrogen-bond donors (Lipinski definition) is 1. The van der Waals surface area contributed by atoms with Crippen molar-refractivity contribution in [2.45, 2.75) is 25.8 Å². The highest BCUT2D eigenvalue weighted by molar-refractivity contribution is 6.28. The van der Waals surface area contributed by atoms with Crippen LogP contribution in [0.2, 0.25) is 5.28 Å². The van der Waals surface area contributed by atoms with Gasteiger partial charge < -0.3 is 5.32 Å². The Morgan fingerprint density at radius 3 is 3.12 bits per heavy atom. The molecular weight excluding hydrogens is 222 g/mol. The molecule has 2 aromatic rings. The van der Waals surface area contributed by atoms with Crippen molar-refractivity contribution in [2.75, 3.05) is 6.54 Å². The molecule has 1 unspecified atom stereocenters. The lowest BCUT2D eigenvalue weighted by atomic mass is 10.1.